The summed E-state index contributed by atoms with van der Waals surface area (Å²) in [6.07, 6.45) is 3.66. The van der Waals surface area contributed by atoms with Gasteiger partial charge in [-0.25, -0.2) is 4.39 Å². The van der Waals surface area contributed by atoms with Gasteiger partial charge in [0.1, 0.15) is 12.4 Å². The first kappa shape index (κ1) is 22.7. The number of aromatic amines is 1. The van der Waals surface area contributed by atoms with Gasteiger partial charge in [0.05, 0.1) is 24.1 Å². The number of fused-ring (bicyclic) bond motifs is 1. The first-order valence-electron chi connectivity index (χ1n) is 10.3. The van der Waals surface area contributed by atoms with Gasteiger partial charge in [-0.2, -0.15) is 8.78 Å². The molecule has 0 atom stereocenters. The molecule has 33 heavy (non-hydrogen) atoms. The van der Waals surface area contributed by atoms with Gasteiger partial charge in [-0.1, -0.05) is 12.1 Å². The van der Waals surface area contributed by atoms with Crippen molar-refractivity contribution in [2.75, 3.05) is 26.9 Å². The first-order valence-corrected chi connectivity index (χ1v) is 10.3. The molecule has 174 valence electrons. The molecule has 10 heteroatoms. The monoisotopic (exact) mass is 461 g/mol. The average Bonchev–Trinajstić information content (AvgIpc) is 3.16. The van der Waals surface area contributed by atoms with Crippen LogP contribution < -0.4 is 14.8 Å². The maximum absolute atomic E-state index is 14.3. The molecule has 1 aliphatic heterocycles. The van der Waals surface area contributed by atoms with Crippen LogP contribution in [-0.2, 0) is 17.6 Å². The lowest BCUT2D eigenvalue weighted by Gasteiger charge is -2.16. The van der Waals surface area contributed by atoms with Crippen molar-refractivity contribution in [2.24, 2.45) is 0 Å². The van der Waals surface area contributed by atoms with E-state index >= 15 is 0 Å². The summed E-state index contributed by atoms with van der Waals surface area (Å²) in [6.45, 7) is -2.09. The third-order valence-corrected chi connectivity index (χ3v) is 5.29. The van der Waals surface area contributed by atoms with Crippen LogP contribution in [0.15, 0.2) is 36.7 Å². The molecular formula is C23H22F3N3O4. The number of carbonyl (C=O) groups excluding carboxylic acids is 1. The Bertz CT molecular complexity index is 1150. The molecule has 0 spiro atoms. The van der Waals surface area contributed by atoms with Crippen LogP contribution in [0.2, 0.25) is 0 Å². The fourth-order valence-corrected chi connectivity index (χ4v) is 3.89. The zero-order chi connectivity index (χ0) is 23.4. The molecule has 0 unspecified atom stereocenters. The van der Waals surface area contributed by atoms with Gasteiger partial charge in [0, 0.05) is 49.5 Å². The number of nitrogens with one attached hydrogen (secondary N) is 2. The van der Waals surface area contributed by atoms with E-state index in [1.54, 1.807) is 25.6 Å². The molecule has 1 amide bonds. The van der Waals surface area contributed by atoms with Crippen LogP contribution >= 0.6 is 0 Å². The van der Waals surface area contributed by atoms with Crippen molar-refractivity contribution < 1.29 is 32.2 Å². The molecule has 0 radical (unpaired) electrons. The molecule has 0 saturated heterocycles. The average molecular weight is 461 g/mol. The van der Waals surface area contributed by atoms with Crippen LogP contribution in [-0.4, -0.2) is 49.4 Å². The van der Waals surface area contributed by atoms with E-state index in [1.807, 2.05) is 0 Å². The third-order valence-electron chi connectivity index (χ3n) is 5.29. The zero-order valence-electron chi connectivity index (χ0n) is 17.8. The van der Waals surface area contributed by atoms with E-state index in [0.717, 1.165) is 6.07 Å². The molecule has 0 bridgehead atoms. The molecular weight excluding hydrogens is 439 g/mol. The van der Waals surface area contributed by atoms with E-state index in [1.165, 1.54) is 12.1 Å². The maximum Gasteiger partial charge on any atom is 0.387 e. The number of para-hydroxylation sites is 1. The highest BCUT2D eigenvalue weighted by Crippen LogP contribution is 2.38. The van der Waals surface area contributed by atoms with E-state index < -0.39 is 18.2 Å². The molecule has 0 aliphatic carbocycles. The number of aromatic nitrogens is 2. The van der Waals surface area contributed by atoms with Crippen molar-refractivity contribution >= 4 is 5.91 Å². The summed E-state index contributed by atoms with van der Waals surface area (Å²) in [5.74, 6) is -1.29. The zero-order valence-corrected chi connectivity index (χ0v) is 17.8. The Morgan fingerprint density at radius 3 is 2.85 bits per heavy atom. The van der Waals surface area contributed by atoms with Crippen molar-refractivity contribution in [3.63, 3.8) is 0 Å². The first-order chi connectivity index (χ1) is 16.0. The Hall–Kier alpha value is -3.53. The molecule has 3 aromatic rings. The molecule has 2 N–H and O–H groups in total. The van der Waals surface area contributed by atoms with Crippen molar-refractivity contribution in [3.05, 3.63) is 64.9 Å². The highest BCUT2D eigenvalue weighted by molar-refractivity contribution is 6.00. The Morgan fingerprint density at radius 2 is 2.06 bits per heavy atom. The molecule has 1 aromatic carbocycles. The number of pyridine rings is 1. The minimum atomic E-state index is -3.19. The number of methoxy groups -OCH3 is 1. The Morgan fingerprint density at radius 1 is 1.21 bits per heavy atom. The van der Waals surface area contributed by atoms with Crippen LogP contribution in [0.1, 0.15) is 27.2 Å². The van der Waals surface area contributed by atoms with Gasteiger partial charge in [0.15, 0.2) is 11.6 Å². The number of hydrogen-bond acceptors (Lipinski definition) is 5. The minimum absolute atomic E-state index is 0.0196. The van der Waals surface area contributed by atoms with Gasteiger partial charge in [-0.15, -0.1) is 0 Å². The molecule has 3 heterocycles. The number of H-pyrrole nitrogens is 1. The summed E-state index contributed by atoms with van der Waals surface area (Å²) < 4.78 is 55.5. The quantitative estimate of drug-likeness (QED) is 0.475. The van der Waals surface area contributed by atoms with Crippen molar-refractivity contribution in [1.82, 2.24) is 15.3 Å². The van der Waals surface area contributed by atoms with Crippen LogP contribution in [0.25, 0.3) is 11.3 Å². The number of hydrogen-bond donors (Lipinski definition) is 2. The minimum Gasteiger partial charge on any atom is -0.489 e. The summed E-state index contributed by atoms with van der Waals surface area (Å²) in [5, 5.41) is 2.80. The molecule has 7 nitrogen and oxygen atoms in total. The van der Waals surface area contributed by atoms with Crippen LogP contribution in [0.4, 0.5) is 13.2 Å². The Balaban J connectivity index is 1.83. The number of nitrogens with zero attached hydrogens (tertiary/aromatic N) is 1. The molecule has 4 rings (SSSR count). The number of ether oxygens (including phenoxy) is 3. The van der Waals surface area contributed by atoms with E-state index in [4.69, 9.17) is 9.47 Å². The molecule has 0 saturated carbocycles. The van der Waals surface area contributed by atoms with Gasteiger partial charge in [-0.3, -0.25) is 9.78 Å². The van der Waals surface area contributed by atoms with Crippen LogP contribution in [0, 0.1) is 5.82 Å². The van der Waals surface area contributed by atoms with E-state index in [9.17, 15) is 18.0 Å². The summed E-state index contributed by atoms with van der Waals surface area (Å²) in [7, 11) is 1.56. The predicted octanol–water partition coefficient (Wildman–Crippen LogP) is 3.72. The molecule has 2 aromatic heterocycles. The Kier molecular flexibility index (Phi) is 6.83. The van der Waals surface area contributed by atoms with Crippen molar-refractivity contribution in [3.8, 4) is 22.8 Å². The van der Waals surface area contributed by atoms with Crippen LogP contribution in [0.5, 0.6) is 11.5 Å². The summed E-state index contributed by atoms with van der Waals surface area (Å²) in [6, 6.07) is 5.68. The van der Waals surface area contributed by atoms with Gasteiger partial charge in [0.2, 0.25) is 0 Å². The number of alkyl halides is 2. The smallest absolute Gasteiger partial charge is 0.387 e. The fraction of sp³-hybridized carbons (Fsp3) is 0.304. The van der Waals surface area contributed by atoms with Gasteiger partial charge >= 0.3 is 6.61 Å². The summed E-state index contributed by atoms with van der Waals surface area (Å²) in [4.78, 5) is 20.1. The van der Waals surface area contributed by atoms with Crippen molar-refractivity contribution in [1.29, 1.82) is 0 Å². The van der Waals surface area contributed by atoms with E-state index in [2.05, 4.69) is 20.0 Å². The topological polar surface area (TPSA) is 85.5 Å². The second kappa shape index (κ2) is 9.95. The van der Waals surface area contributed by atoms with Gasteiger partial charge in [0.25, 0.3) is 5.91 Å². The molecule has 1 aliphatic rings. The van der Waals surface area contributed by atoms with Gasteiger partial charge in [-0.05, 0) is 17.7 Å². The highest BCUT2D eigenvalue weighted by Gasteiger charge is 2.29. The lowest BCUT2D eigenvalue weighted by atomic mass is 9.94. The number of rotatable bonds is 9. The predicted molar refractivity (Wildman–Crippen MR) is 113 cm³/mol. The summed E-state index contributed by atoms with van der Waals surface area (Å²) >= 11 is 0. The second-order valence-electron chi connectivity index (χ2n) is 7.33. The lowest BCUT2D eigenvalue weighted by molar-refractivity contribution is -0.0527. The van der Waals surface area contributed by atoms with Gasteiger partial charge < -0.3 is 24.5 Å². The summed E-state index contributed by atoms with van der Waals surface area (Å²) in [5.41, 5.74) is 3.02. The Labute approximate surface area is 187 Å². The fourth-order valence-electron chi connectivity index (χ4n) is 3.89. The van der Waals surface area contributed by atoms with E-state index in [0.29, 0.717) is 53.4 Å². The highest BCUT2D eigenvalue weighted by atomic mass is 19.3. The second-order valence-corrected chi connectivity index (χ2v) is 7.33. The van der Waals surface area contributed by atoms with E-state index in [-0.39, 0.29) is 24.5 Å². The number of carbonyl (C=O) groups is 1. The normalized spacial score (nSPS) is 13.1. The SMILES string of the molecule is COCCOc1cnccc1-c1[nH]c2c(c1Cc1cccc(F)c1OC(F)F)C(=O)NCC2. The van der Waals surface area contributed by atoms with Crippen LogP contribution in [0.3, 0.4) is 0 Å². The standard InChI is InChI=1S/C23H22F3N3O4/c1-31-9-10-32-18-12-27-7-5-14(18)20-15(19-17(29-20)6-8-28-22(19)30)11-13-3-2-4-16(24)21(13)33-23(25)26/h2-5,7,12,23,29H,6,8-11H2,1H3,(H,28,30). The number of halogens is 3. The number of benzene rings is 1. The number of amides is 1. The maximum atomic E-state index is 14.3. The molecule has 0 fully saturated rings. The lowest BCUT2D eigenvalue weighted by Crippen LogP contribution is -2.32. The third kappa shape index (κ3) is 4.80. The van der Waals surface area contributed by atoms with Crippen molar-refractivity contribution in [2.45, 2.75) is 19.5 Å². The largest absolute Gasteiger partial charge is 0.489 e.